The first-order valence-electron chi connectivity index (χ1n) is 10.7. The van der Waals surface area contributed by atoms with E-state index >= 15 is 0 Å². The predicted octanol–water partition coefficient (Wildman–Crippen LogP) is 5.14. The van der Waals surface area contributed by atoms with Crippen molar-refractivity contribution in [2.75, 3.05) is 30.3 Å². The van der Waals surface area contributed by atoms with E-state index in [1.807, 2.05) is 0 Å². The average molecular weight is 428 g/mol. The number of carbonyl (C=O) groups is 2. The zero-order valence-corrected chi connectivity index (χ0v) is 18.1. The highest BCUT2D eigenvalue weighted by Gasteiger charge is 2.23. The quantitative estimate of drug-likeness (QED) is 0.643. The second-order valence-electron chi connectivity index (χ2n) is 8.22. The molecule has 3 amide bonds. The van der Waals surface area contributed by atoms with Crippen molar-refractivity contribution in [1.29, 1.82) is 0 Å². The highest BCUT2D eigenvalue weighted by Crippen LogP contribution is 2.18. The van der Waals surface area contributed by atoms with Gasteiger partial charge in [-0.3, -0.25) is 4.79 Å². The number of amides is 3. The summed E-state index contributed by atoms with van der Waals surface area (Å²) in [6.07, 6.45) is 2.89. The third kappa shape index (κ3) is 7.07. The van der Waals surface area contributed by atoms with E-state index in [9.17, 15) is 14.0 Å². The molecule has 0 spiro atoms. The van der Waals surface area contributed by atoms with Gasteiger partial charge in [0.2, 0.25) is 0 Å². The lowest BCUT2D eigenvalue weighted by Crippen LogP contribution is -2.43. The molecule has 1 aliphatic heterocycles. The SMILES string of the molecule is CC(C)CCOC1CCN(C(=O)Nc2cccc(C(=O)Nc3cccc(F)c3)c2)CC1. The predicted molar refractivity (Wildman–Crippen MR) is 120 cm³/mol. The Bertz CT molecular complexity index is 895. The van der Waals surface area contributed by atoms with Crippen molar-refractivity contribution >= 4 is 23.3 Å². The number of halogens is 1. The molecule has 3 rings (SSSR count). The van der Waals surface area contributed by atoms with Crippen molar-refractivity contribution in [2.45, 2.75) is 39.2 Å². The molecule has 166 valence electrons. The van der Waals surface area contributed by atoms with Gasteiger partial charge in [0.15, 0.2) is 0 Å². The first-order chi connectivity index (χ1) is 14.9. The maximum absolute atomic E-state index is 13.3. The number of nitrogens with zero attached hydrogens (tertiary/aromatic N) is 1. The van der Waals surface area contributed by atoms with E-state index in [0.717, 1.165) is 25.9 Å². The summed E-state index contributed by atoms with van der Waals surface area (Å²) in [6.45, 7) is 6.39. The molecule has 2 N–H and O–H groups in total. The Morgan fingerprint density at radius 1 is 1.06 bits per heavy atom. The number of nitrogens with one attached hydrogen (secondary N) is 2. The molecule has 0 bridgehead atoms. The summed E-state index contributed by atoms with van der Waals surface area (Å²) in [7, 11) is 0. The van der Waals surface area contributed by atoms with Crippen LogP contribution in [-0.4, -0.2) is 42.6 Å². The number of likely N-dealkylation sites (tertiary alicyclic amines) is 1. The van der Waals surface area contributed by atoms with Gasteiger partial charge in [0.25, 0.3) is 5.91 Å². The van der Waals surface area contributed by atoms with Gasteiger partial charge >= 0.3 is 6.03 Å². The number of carbonyl (C=O) groups excluding carboxylic acids is 2. The second-order valence-corrected chi connectivity index (χ2v) is 8.22. The molecule has 2 aromatic rings. The third-order valence-electron chi connectivity index (χ3n) is 5.24. The number of ether oxygens (including phenoxy) is 1. The van der Waals surface area contributed by atoms with Gasteiger partial charge in [0.05, 0.1) is 6.10 Å². The maximum Gasteiger partial charge on any atom is 0.321 e. The summed E-state index contributed by atoms with van der Waals surface area (Å²) in [5.41, 5.74) is 1.28. The molecular formula is C24H30FN3O3. The maximum atomic E-state index is 13.3. The van der Waals surface area contributed by atoms with Crippen molar-refractivity contribution in [2.24, 2.45) is 5.92 Å². The van der Waals surface area contributed by atoms with Crippen LogP contribution >= 0.6 is 0 Å². The Morgan fingerprint density at radius 3 is 2.42 bits per heavy atom. The van der Waals surface area contributed by atoms with Crippen LogP contribution in [0.3, 0.4) is 0 Å². The van der Waals surface area contributed by atoms with Crippen molar-refractivity contribution in [1.82, 2.24) is 4.90 Å². The van der Waals surface area contributed by atoms with Gasteiger partial charge in [-0.25, -0.2) is 9.18 Å². The van der Waals surface area contributed by atoms with E-state index in [1.54, 1.807) is 35.2 Å². The molecule has 0 aliphatic carbocycles. The Kier molecular flexibility index (Phi) is 8.00. The Balaban J connectivity index is 1.50. The number of rotatable bonds is 7. The molecule has 31 heavy (non-hydrogen) atoms. The van der Waals surface area contributed by atoms with E-state index in [0.29, 0.717) is 35.9 Å². The Morgan fingerprint density at radius 2 is 1.74 bits per heavy atom. The third-order valence-corrected chi connectivity index (χ3v) is 5.24. The van der Waals surface area contributed by atoms with Crippen molar-refractivity contribution in [3.05, 3.63) is 59.9 Å². The van der Waals surface area contributed by atoms with E-state index in [2.05, 4.69) is 24.5 Å². The number of anilines is 2. The molecule has 7 heteroatoms. The normalized spacial score (nSPS) is 14.5. The van der Waals surface area contributed by atoms with Gasteiger partial charge in [-0.15, -0.1) is 0 Å². The zero-order chi connectivity index (χ0) is 22.2. The summed E-state index contributed by atoms with van der Waals surface area (Å²) >= 11 is 0. The van der Waals surface area contributed by atoms with Crippen LogP contribution in [0.2, 0.25) is 0 Å². The van der Waals surface area contributed by atoms with Crippen LogP contribution in [0.25, 0.3) is 0 Å². The number of hydrogen-bond acceptors (Lipinski definition) is 3. The molecular weight excluding hydrogens is 397 g/mol. The van der Waals surface area contributed by atoms with Gasteiger partial charge in [0.1, 0.15) is 5.82 Å². The van der Waals surface area contributed by atoms with Crippen LogP contribution in [0, 0.1) is 11.7 Å². The second kappa shape index (κ2) is 10.9. The number of piperidine rings is 1. The zero-order valence-electron chi connectivity index (χ0n) is 18.1. The molecule has 0 radical (unpaired) electrons. The lowest BCUT2D eigenvalue weighted by Gasteiger charge is -2.32. The summed E-state index contributed by atoms with van der Waals surface area (Å²) in [6, 6.07) is 12.2. The van der Waals surface area contributed by atoms with Crippen molar-refractivity contribution < 1.29 is 18.7 Å². The molecule has 0 unspecified atom stereocenters. The van der Waals surface area contributed by atoms with E-state index in [-0.39, 0.29) is 18.0 Å². The van der Waals surface area contributed by atoms with Crippen molar-refractivity contribution in [3.8, 4) is 0 Å². The standard InChI is InChI=1S/C24H30FN3O3/c1-17(2)11-14-31-22-9-12-28(13-10-22)24(30)27-20-7-3-5-18(15-20)23(29)26-21-8-4-6-19(25)16-21/h3-8,15-17,22H,9-14H2,1-2H3,(H,26,29)(H,27,30). The molecule has 0 saturated carbocycles. The molecule has 1 heterocycles. The highest BCUT2D eigenvalue weighted by molar-refractivity contribution is 6.05. The highest BCUT2D eigenvalue weighted by atomic mass is 19.1. The topological polar surface area (TPSA) is 70.7 Å². The minimum Gasteiger partial charge on any atom is -0.378 e. The molecule has 1 saturated heterocycles. The van der Waals surface area contributed by atoms with Gasteiger partial charge in [-0.1, -0.05) is 26.0 Å². The largest absolute Gasteiger partial charge is 0.378 e. The number of urea groups is 1. The molecule has 2 aromatic carbocycles. The van der Waals surface area contributed by atoms with Gasteiger partial charge < -0.3 is 20.3 Å². The minimum atomic E-state index is -0.423. The van der Waals surface area contributed by atoms with Crippen LogP contribution in [0.5, 0.6) is 0 Å². The number of benzene rings is 2. The smallest absolute Gasteiger partial charge is 0.321 e. The monoisotopic (exact) mass is 427 g/mol. The van der Waals surface area contributed by atoms with Gasteiger partial charge in [-0.05, 0) is 61.6 Å². The summed E-state index contributed by atoms with van der Waals surface area (Å²) in [5.74, 6) is -0.175. The summed E-state index contributed by atoms with van der Waals surface area (Å²) < 4.78 is 19.2. The summed E-state index contributed by atoms with van der Waals surface area (Å²) in [5, 5.41) is 5.51. The Labute approximate surface area is 182 Å². The van der Waals surface area contributed by atoms with Crippen LogP contribution in [0.15, 0.2) is 48.5 Å². The van der Waals surface area contributed by atoms with Crippen LogP contribution in [0.4, 0.5) is 20.6 Å². The average Bonchev–Trinajstić information content (AvgIpc) is 2.74. The molecule has 1 aliphatic rings. The van der Waals surface area contributed by atoms with Crippen LogP contribution in [-0.2, 0) is 4.74 Å². The fraction of sp³-hybridized carbons (Fsp3) is 0.417. The molecule has 6 nitrogen and oxygen atoms in total. The molecule has 0 atom stereocenters. The van der Waals surface area contributed by atoms with Crippen molar-refractivity contribution in [3.63, 3.8) is 0 Å². The van der Waals surface area contributed by atoms with E-state index in [1.165, 1.54) is 18.2 Å². The summed E-state index contributed by atoms with van der Waals surface area (Å²) in [4.78, 5) is 26.8. The molecule has 1 fully saturated rings. The fourth-order valence-electron chi connectivity index (χ4n) is 3.41. The molecule has 0 aromatic heterocycles. The number of hydrogen-bond donors (Lipinski definition) is 2. The first-order valence-corrected chi connectivity index (χ1v) is 10.7. The van der Waals surface area contributed by atoms with E-state index in [4.69, 9.17) is 4.74 Å². The minimum absolute atomic E-state index is 0.191. The lowest BCUT2D eigenvalue weighted by molar-refractivity contribution is 0.0112. The first kappa shape index (κ1) is 22.7. The van der Waals surface area contributed by atoms with Gasteiger partial charge in [-0.2, -0.15) is 0 Å². The fourth-order valence-corrected chi connectivity index (χ4v) is 3.41. The van der Waals surface area contributed by atoms with Crippen LogP contribution < -0.4 is 10.6 Å². The van der Waals surface area contributed by atoms with Crippen LogP contribution in [0.1, 0.15) is 43.5 Å². The lowest BCUT2D eigenvalue weighted by atomic mass is 10.1. The van der Waals surface area contributed by atoms with Gasteiger partial charge in [0, 0.05) is 36.6 Å². The van der Waals surface area contributed by atoms with E-state index < -0.39 is 5.82 Å². The Hall–Kier alpha value is -2.93.